The van der Waals surface area contributed by atoms with Gasteiger partial charge in [-0.05, 0) is 39.5 Å². The van der Waals surface area contributed by atoms with Gasteiger partial charge in [0, 0.05) is 19.5 Å². The molecule has 2 fully saturated rings. The molecule has 18 heavy (non-hydrogen) atoms. The molecule has 1 unspecified atom stereocenters. The van der Waals surface area contributed by atoms with Crippen molar-refractivity contribution in [3.8, 4) is 0 Å². The summed E-state index contributed by atoms with van der Waals surface area (Å²) in [6, 6.07) is 0. The molecule has 1 aliphatic heterocycles. The first-order chi connectivity index (χ1) is 8.35. The molecule has 1 atom stereocenters. The molecule has 2 rings (SSSR count). The van der Waals surface area contributed by atoms with Crippen molar-refractivity contribution in [3.05, 3.63) is 0 Å². The number of carbonyl (C=O) groups is 2. The van der Waals surface area contributed by atoms with E-state index in [0.717, 1.165) is 6.54 Å². The Morgan fingerprint density at radius 3 is 2.67 bits per heavy atom. The highest BCUT2D eigenvalue weighted by molar-refractivity contribution is 5.88. The lowest BCUT2D eigenvalue weighted by Crippen LogP contribution is -2.38. The first kappa shape index (κ1) is 13.3. The summed E-state index contributed by atoms with van der Waals surface area (Å²) in [5.74, 6) is 0.314. The van der Waals surface area contributed by atoms with E-state index in [4.69, 9.17) is 4.84 Å². The molecule has 1 N–H and O–H groups in total. The van der Waals surface area contributed by atoms with Gasteiger partial charge < -0.3 is 4.90 Å². The molecule has 2 amide bonds. The zero-order valence-electron chi connectivity index (χ0n) is 11.4. The van der Waals surface area contributed by atoms with E-state index in [1.54, 1.807) is 0 Å². The van der Waals surface area contributed by atoms with Crippen LogP contribution in [0.25, 0.3) is 0 Å². The number of hydrogen-bond acceptors (Lipinski definition) is 3. The normalized spacial score (nSPS) is 24.5. The third kappa shape index (κ3) is 3.70. The number of nitrogens with zero attached hydrogens (tertiary/aromatic N) is 1. The van der Waals surface area contributed by atoms with Gasteiger partial charge in [0.05, 0.1) is 11.5 Å². The molecule has 2 aliphatic rings. The molecular weight excluding hydrogens is 232 g/mol. The van der Waals surface area contributed by atoms with Gasteiger partial charge in [-0.15, -0.1) is 0 Å². The van der Waals surface area contributed by atoms with Crippen LogP contribution in [0.1, 0.15) is 40.0 Å². The van der Waals surface area contributed by atoms with Crippen molar-refractivity contribution in [2.24, 2.45) is 11.8 Å². The Morgan fingerprint density at radius 2 is 2.11 bits per heavy atom. The first-order valence-electron chi connectivity index (χ1n) is 6.61. The van der Waals surface area contributed by atoms with Crippen LogP contribution in [-0.2, 0) is 14.4 Å². The zero-order valence-corrected chi connectivity index (χ0v) is 11.4. The predicted octanol–water partition coefficient (Wildman–Crippen LogP) is 1.09. The fourth-order valence-electron chi connectivity index (χ4n) is 2.02. The predicted molar refractivity (Wildman–Crippen MR) is 66.4 cm³/mol. The topological polar surface area (TPSA) is 58.6 Å². The Bertz CT molecular complexity index is 345. The maximum Gasteiger partial charge on any atom is 0.248 e. The van der Waals surface area contributed by atoms with Gasteiger partial charge in [0.15, 0.2) is 0 Å². The van der Waals surface area contributed by atoms with E-state index < -0.39 is 5.60 Å². The molecule has 1 aliphatic carbocycles. The van der Waals surface area contributed by atoms with Crippen LogP contribution in [0.3, 0.4) is 0 Å². The summed E-state index contributed by atoms with van der Waals surface area (Å²) in [6.45, 7) is 6.96. The van der Waals surface area contributed by atoms with Crippen molar-refractivity contribution in [1.29, 1.82) is 0 Å². The molecule has 5 nitrogen and oxygen atoms in total. The van der Waals surface area contributed by atoms with E-state index in [2.05, 4.69) is 5.48 Å². The van der Waals surface area contributed by atoms with Gasteiger partial charge >= 0.3 is 0 Å². The highest BCUT2D eigenvalue weighted by atomic mass is 16.7. The van der Waals surface area contributed by atoms with Crippen LogP contribution >= 0.6 is 0 Å². The second-order valence-corrected chi connectivity index (χ2v) is 6.32. The third-order valence-corrected chi connectivity index (χ3v) is 3.22. The van der Waals surface area contributed by atoms with Gasteiger partial charge in [-0.25, -0.2) is 5.48 Å². The van der Waals surface area contributed by atoms with Gasteiger partial charge in [-0.1, -0.05) is 0 Å². The molecule has 1 saturated carbocycles. The number of likely N-dealkylation sites (tertiary alicyclic amines) is 1. The van der Waals surface area contributed by atoms with Crippen LogP contribution < -0.4 is 5.48 Å². The largest absolute Gasteiger partial charge is 0.342 e. The van der Waals surface area contributed by atoms with Crippen LogP contribution in [-0.4, -0.2) is 35.4 Å². The molecule has 1 heterocycles. The highest BCUT2D eigenvalue weighted by Gasteiger charge is 2.37. The summed E-state index contributed by atoms with van der Waals surface area (Å²) in [5.41, 5.74) is 2.05. The number of hydrogen-bond donors (Lipinski definition) is 1. The number of nitrogens with one attached hydrogen (secondary N) is 1. The van der Waals surface area contributed by atoms with Gasteiger partial charge in [0.1, 0.15) is 0 Å². The summed E-state index contributed by atoms with van der Waals surface area (Å²) >= 11 is 0. The molecular formula is C13H22N2O3. The average Bonchev–Trinajstić information content (AvgIpc) is 2.99. The van der Waals surface area contributed by atoms with Crippen molar-refractivity contribution in [2.45, 2.75) is 45.6 Å². The van der Waals surface area contributed by atoms with Crippen LogP contribution in [0.2, 0.25) is 0 Å². The van der Waals surface area contributed by atoms with Gasteiger partial charge in [-0.2, -0.15) is 0 Å². The molecule has 0 aromatic heterocycles. The zero-order chi connectivity index (χ0) is 13.3. The third-order valence-electron chi connectivity index (χ3n) is 3.22. The van der Waals surface area contributed by atoms with Crippen LogP contribution in [0.4, 0.5) is 0 Å². The highest BCUT2D eigenvalue weighted by Crippen LogP contribution is 2.32. The average molecular weight is 254 g/mol. The number of hydroxylamine groups is 1. The standard InChI is InChI=1S/C13H22N2O3/c1-13(2,3)18-14-12(17)10-6-11(16)15(8-10)7-9-4-5-9/h9-10H,4-8H2,1-3H3,(H,14,17). The maximum absolute atomic E-state index is 11.9. The fourth-order valence-corrected chi connectivity index (χ4v) is 2.02. The Balaban J connectivity index is 1.79. The minimum atomic E-state index is -0.411. The van der Waals surface area contributed by atoms with Gasteiger partial charge in [0.2, 0.25) is 11.8 Å². The van der Waals surface area contributed by atoms with E-state index >= 15 is 0 Å². The van der Waals surface area contributed by atoms with Gasteiger partial charge in [-0.3, -0.25) is 14.4 Å². The maximum atomic E-state index is 11.9. The molecule has 0 radical (unpaired) electrons. The molecule has 1 saturated heterocycles. The molecule has 0 bridgehead atoms. The summed E-state index contributed by atoms with van der Waals surface area (Å²) in [4.78, 5) is 30.7. The van der Waals surface area contributed by atoms with Crippen molar-refractivity contribution < 1.29 is 14.4 Å². The number of carbonyl (C=O) groups excluding carboxylic acids is 2. The number of amides is 2. The number of rotatable bonds is 4. The minimum absolute atomic E-state index is 0.0952. The Morgan fingerprint density at radius 1 is 1.44 bits per heavy atom. The Hall–Kier alpha value is -1.10. The monoisotopic (exact) mass is 254 g/mol. The van der Waals surface area contributed by atoms with E-state index in [-0.39, 0.29) is 17.7 Å². The quantitative estimate of drug-likeness (QED) is 0.764. The lowest BCUT2D eigenvalue weighted by Gasteiger charge is -2.20. The van der Waals surface area contributed by atoms with Crippen LogP contribution in [0, 0.1) is 11.8 Å². The van der Waals surface area contributed by atoms with Crippen molar-refractivity contribution >= 4 is 11.8 Å². The molecule has 0 aromatic rings. The van der Waals surface area contributed by atoms with E-state index in [1.807, 2.05) is 25.7 Å². The fraction of sp³-hybridized carbons (Fsp3) is 0.846. The van der Waals surface area contributed by atoms with Crippen LogP contribution in [0.15, 0.2) is 0 Å². The van der Waals surface area contributed by atoms with Crippen molar-refractivity contribution in [2.75, 3.05) is 13.1 Å². The lowest BCUT2D eigenvalue weighted by atomic mass is 10.1. The molecule has 5 heteroatoms. The van der Waals surface area contributed by atoms with Crippen molar-refractivity contribution in [3.63, 3.8) is 0 Å². The Labute approximate surface area is 108 Å². The van der Waals surface area contributed by atoms with E-state index in [9.17, 15) is 9.59 Å². The molecule has 0 spiro atoms. The van der Waals surface area contributed by atoms with Crippen molar-refractivity contribution in [1.82, 2.24) is 10.4 Å². The summed E-state index contributed by atoms with van der Waals surface area (Å²) < 4.78 is 0. The second kappa shape index (κ2) is 4.88. The van der Waals surface area contributed by atoms with Gasteiger partial charge in [0.25, 0.3) is 0 Å². The van der Waals surface area contributed by atoms with E-state index in [0.29, 0.717) is 18.9 Å². The minimum Gasteiger partial charge on any atom is -0.342 e. The smallest absolute Gasteiger partial charge is 0.248 e. The summed E-state index contributed by atoms with van der Waals surface area (Å²) in [5, 5.41) is 0. The lowest BCUT2D eigenvalue weighted by molar-refractivity contribution is -0.149. The molecule has 102 valence electrons. The first-order valence-corrected chi connectivity index (χ1v) is 6.61. The van der Waals surface area contributed by atoms with E-state index in [1.165, 1.54) is 12.8 Å². The summed E-state index contributed by atoms with van der Waals surface area (Å²) in [7, 11) is 0. The van der Waals surface area contributed by atoms with Crippen LogP contribution in [0.5, 0.6) is 0 Å². The SMILES string of the molecule is CC(C)(C)ONC(=O)C1CC(=O)N(CC2CC2)C1. The second-order valence-electron chi connectivity index (χ2n) is 6.32. The Kier molecular flexibility index (Phi) is 3.61. The summed E-state index contributed by atoms with van der Waals surface area (Å²) in [6.07, 6.45) is 2.74. The molecule has 0 aromatic carbocycles.